The minimum atomic E-state index is 0.288. The van der Waals surface area contributed by atoms with Gasteiger partial charge >= 0.3 is 0 Å². The molecule has 0 spiro atoms. The van der Waals surface area contributed by atoms with Crippen LogP contribution in [0.3, 0.4) is 0 Å². The first kappa shape index (κ1) is 34.2. The van der Waals surface area contributed by atoms with Crippen LogP contribution in [0.5, 0.6) is 23.0 Å². The number of pyridine rings is 2. The zero-order chi connectivity index (χ0) is 32.9. The Balaban J connectivity index is 1.28. The summed E-state index contributed by atoms with van der Waals surface area (Å²) in [6.45, 7) is 4.53. The Bertz CT molecular complexity index is 1540. The van der Waals surface area contributed by atoms with Crippen LogP contribution in [0.25, 0.3) is 0 Å². The van der Waals surface area contributed by atoms with E-state index in [4.69, 9.17) is 37.9 Å². The summed E-state index contributed by atoms with van der Waals surface area (Å²) in [5.74, 6) is 15.0. The molecule has 0 aliphatic carbocycles. The summed E-state index contributed by atoms with van der Waals surface area (Å²) in [6, 6.07) is 22.4. The zero-order valence-electron chi connectivity index (χ0n) is 26.7. The maximum Gasteiger partial charge on any atom is 0.162 e. The standard InChI is InChI=1S/C38H38N2O8/c1-2-10-36-35(9-1)45-25-21-41-17-19-43-23-27-47-37-29-31(11-13-33-7-3-5-15-39-33)32(12-14-34-8-4-6-16-40-34)30-38(37)48-28-24-44-20-18-42-22-26-46-36/h1-10,15-16,29-30H,17-28H2. The van der Waals surface area contributed by atoms with Gasteiger partial charge in [-0.25, -0.2) is 9.97 Å². The molecule has 0 amide bonds. The Morgan fingerprint density at radius 2 is 0.729 bits per heavy atom. The predicted octanol–water partition coefficient (Wildman–Crippen LogP) is 4.57. The van der Waals surface area contributed by atoms with Crippen molar-refractivity contribution >= 4 is 0 Å². The van der Waals surface area contributed by atoms with Crippen LogP contribution >= 0.6 is 0 Å². The highest BCUT2D eigenvalue weighted by Gasteiger charge is 2.12. The molecule has 1 aliphatic rings. The molecule has 2 aromatic heterocycles. The minimum absolute atomic E-state index is 0.288. The van der Waals surface area contributed by atoms with E-state index in [1.54, 1.807) is 12.4 Å². The maximum absolute atomic E-state index is 6.14. The number of fused-ring (bicyclic) bond motifs is 2. The van der Waals surface area contributed by atoms with Crippen LogP contribution in [-0.2, 0) is 18.9 Å². The fourth-order valence-electron chi connectivity index (χ4n) is 4.30. The molecule has 48 heavy (non-hydrogen) atoms. The lowest BCUT2D eigenvalue weighted by Gasteiger charge is -2.15. The highest BCUT2D eigenvalue weighted by Crippen LogP contribution is 2.31. The highest BCUT2D eigenvalue weighted by molar-refractivity contribution is 5.60. The van der Waals surface area contributed by atoms with E-state index in [9.17, 15) is 0 Å². The number of hydrogen-bond donors (Lipinski definition) is 0. The van der Waals surface area contributed by atoms with Gasteiger partial charge in [-0.05, 0) is 48.2 Å². The van der Waals surface area contributed by atoms with Crippen molar-refractivity contribution in [3.8, 4) is 46.7 Å². The number of hydrogen-bond acceptors (Lipinski definition) is 10. The molecule has 5 rings (SSSR count). The zero-order valence-corrected chi connectivity index (χ0v) is 26.7. The normalized spacial score (nSPS) is 15.3. The average Bonchev–Trinajstić information content (AvgIpc) is 3.13. The minimum Gasteiger partial charge on any atom is -0.487 e. The Kier molecular flexibility index (Phi) is 14.4. The molecule has 1 aliphatic heterocycles. The van der Waals surface area contributed by atoms with Crippen molar-refractivity contribution in [2.24, 2.45) is 0 Å². The van der Waals surface area contributed by atoms with E-state index in [0.717, 1.165) is 0 Å². The second kappa shape index (κ2) is 20.2. The van der Waals surface area contributed by atoms with Gasteiger partial charge in [0.1, 0.15) is 37.8 Å². The number of benzene rings is 2. The van der Waals surface area contributed by atoms with Crippen LogP contribution in [-0.4, -0.2) is 89.3 Å². The third-order valence-electron chi connectivity index (χ3n) is 6.60. The molecule has 248 valence electrons. The number of rotatable bonds is 0. The van der Waals surface area contributed by atoms with E-state index in [1.165, 1.54) is 0 Å². The summed E-state index contributed by atoms with van der Waals surface area (Å²) < 4.78 is 46.8. The number of para-hydroxylation sites is 2. The molecule has 0 bridgehead atoms. The molecule has 4 aromatic rings. The van der Waals surface area contributed by atoms with Crippen LogP contribution in [0.2, 0.25) is 0 Å². The van der Waals surface area contributed by atoms with Gasteiger partial charge in [0, 0.05) is 35.7 Å². The van der Waals surface area contributed by atoms with Gasteiger partial charge in [-0.2, -0.15) is 0 Å². The van der Waals surface area contributed by atoms with Gasteiger partial charge in [-0.15, -0.1) is 0 Å². The fraction of sp³-hybridized carbons (Fsp3) is 0.316. The quantitative estimate of drug-likeness (QED) is 0.252. The second-order valence-corrected chi connectivity index (χ2v) is 10.1. The summed E-state index contributed by atoms with van der Waals surface area (Å²) in [5.41, 5.74) is 2.61. The van der Waals surface area contributed by atoms with Crippen molar-refractivity contribution in [3.63, 3.8) is 0 Å². The molecule has 0 unspecified atom stereocenters. The van der Waals surface area contributed by atoms with Crippen molar-refractivity contribution in [2.45, 2.75) is 0 Å². The van der Waals surface area contributed by atoms with E-state index in [0.29, 0.717) is 112 Å². The lowest BCUT2D eigenvalue weighted by atomic mass is 10.1. The Morgan fingerprint density at radius 3 is 1.10 bits per heavy atom. The van der Waals surface area contributed by atoms with Crippen molar-refractivity contribution in [2.75, 3.05) is 79.3 Å². The largest absolute Gasteiger partial charge is 0.487 e. The summed E-state index contributed by atoms with van der Waals surface area (Å²) in [4.78, 5) is 8.64. The molecule has 2 aromatic carbocycles. The molecule has 0 fully saturated rings. The summed E-state index contributed by atoms with van der Waals surface area (Å²) in [5, 5.41) is 0. The predicted molar refractivity (Wildman–Crippen MR) is 179 cm³/mol. The molecule has 10 heteroatoms. The smallest absolute Gasteiger partial charge is 0.162 e. The van der Waals surface area contributed by atoms with E-state index < -0.39 is 0 Å². The van der Waals surface area contributed by atoms with E-state index in [2.05, 4.69) is 33.6 Å². The van der Waals surface area contributed by atoms with Crippen molar-refractivity contribution in [1.29, 1.82) is 0 Å². The molecule has 0 radical (unpaired) electrons. The maximum atomic E-state index is 6.14. The summed E-state index contributed by atoms with van der Waals surface area (Å²) >= 11 is 0. The van der Waals surface area contributed by atoms with Gasteiger partial charge in [0.15, 0.2) is 23.0 Å². The van der Waals surface area contributed by atoms with Crippen LogP contribution in [0.4, 0.5) is 0 Å². The molecule has 10 nitrogen and oxygen atoms in total. The van der Waals surface area contributed by atoms with E-state index in [1.807, 2.05) is 72.8 Å². The van der Waals surface area contributed by atoms with E-state index >= 15 is 0 Å². The summed E-state index contributed by atoms with van der Waals surface area (Å²) in [6.07, 6.45) is 3.41. The molecular weight excluding hydrogens is 612 g/mol. The van der Waals surface area contributed by atoms with Crippen molar-refractivity contribution in [1.82, 2.24) is 9.97 Å². The monoisotopic (exact) mass is 650 g/mol. The lowest BCUT2D eigenvalue weighted by Crippen LogP contribution is -2.15. The molecule has 0 N–H and O–H groups in total. The topological polar surface area (TPSA) is 99.6 Å². The first-order valence-electron chi connectivity index (χ1n) is 15.8. The summed E-state index contributed by atoms with van der Waals surface area (Å²) in [7, 11) is 0. The molecular formula is C38H38N2O8. The van der Waals surface area contributed by atoms with Gasteiger partial charge in [0.2, 0.25) is 0 Å². The average molecular weight is 651 g/mol. The Hall–Kier alpha value is -5.10. The van der Waals surface area contributed by atoms with Crippen LogP contribution in [0, 0.1) is 23.7 Å². The lowest BCUT2D eigenvalue weighted by molar-refractivity contribution is 0.0223. The first-order chi connectivity index (χ1) is 23.8. The van der Waals surface area contributed by atoms with E-state index in [-0.39, 0.29) is 13.2 Å². The molecule has 0 saturated heterocycles. The number of aromatic nitrogens is 2. The third kappa shape index (κ3) is 11.9. The van der Waals surface area contributed by atoms with Gasteiger partial charge in [-0.3, -0.25) is 0 Å². The molecule has 0 atom stereocenters. The SMILES string of the molecule is C(#Cc1cc2c(cc1C#Cc1ccccn1)OCCOCCOCCOc1ccccc1OCCOCCOCCO2)c1ccccn1. The van der Waals surface area contributed by atoms with Gasteiger partial charge < -0.3 is 37.9 Å². The third-order valence-corrected chi connectivity index (χ3v) is 6.60. The number of ether oxygens (including phenoxy) is 8. The highest BCUT2D eigenvalue weighted by atomic mass is 16.6. The fourth-order valence-corrected chi connectivity index (χ4v) is 4.30. The van der Waals surface area contributed by atoms with Gasteiger partial charge in [0.05, 0.1) is 52.9 Å². The van der Waals surface area contributed by atoms with Gasteiger partial charge in [-0.1, -0.05) is 36.1 Å². The second-order valence-electron chi connectivity index (χ2n) is 10.1. The molecule has 0 saturated carbocycles. The Labute approximate surface area is 281 Å². The van der Waals surface area contributed by atoms with Crippen molar-refractivity contribution in [3.05, 3.63) is 108 Å². The molecule has 3 heterocycles. The Morgan fingerprint density at radius 1 is 0.375 bits per heavy atom. The number of nitrogens with zero attached hydrogens (tertiary/aromatic N) is 2. The van der Waals surface area contributed by atoms with Crippen molar-refractivity contribution < 1.29 is 37.9 Å². The van der Waals surface area contributed by atoms with Crippen LogP contribution < -0.4 is 18.9 Å². The van der Waals surface area contributed by atoms with Gasteiger partial charge in [0.25, 0.3) is 0 Å². The van der Waals surface area contributed by atoms with Crippen LogP contribution in [0.1, 0.15) is 22.5 Å². The first-order valence-corrected chi connectivity index (χ1v) is 15.8. The van der Waals surface area contributed by atoms with Crippen LogP contribution in [0.15, 0.2) is 85.2 Å².